The van der Waals surface area contributed by atoms with Crippen LogP contribution < -0.4 is 5.32 Å². The highest BCUT2D eigenvalue weighted by atomic mass is 35.5. The van der Waals surface area contributed by atoms with Gasteiger partial charge in [-0.25, -0.2) is 4.98 Å². The molecule has 3 aromatic rings. The Hall–Kier alpha value is -2.15. The Labute approximate surface area is 167 Å². The van der Waals surface area contributed by atoms with Crippen LogP contribution in [0.3, 0.4) is 0 Å². The fourth-order valence-corrected chi connectivity index (χ4v) is 4.30. The lowest BCUT2D eigenvalue weighted by Gasteiger charge is -2.14. The van der Waals surface area contributed by atoms with Crippen molar-refractivity contribution in [1.29, 1.82) is 0 Å². The molecule has 0 radical (unpaired) electrons. The first kappa shape index (κ1) is 18.2. The van der Waals surface area contributed by atoms with Gasteiger partial charge in [0.1, 0.15) is 0 Å². The van der Waals surface area contributed by atoms with Gasteiger partial charge in [0.2, 0.25) is 5.91 Å². The number of halogens is 1. The SMILES string of the molecule is O=C(/C=C/c1c(Cl)nc2sccn12)NCc1ccc(CN2CCCC2)cc1. The Morgan fingerprint density at radius 2 is 1.96 bits per heavy atom. The summed E-state index contributed by atoms with van der Waals surface area (Å²) in [5.74, 6) is -0.155. The highest BCUT2D eigenvalue weighted by Gasteiger charge is 2.11. The largest absolute Gasteiger partial charge is 0.348 e. The van der Waals surface area contributed by atoms with Crippen molar-refractivity contribution in [3.8, 4) is 0 Å². The van der Waals surface area contributed by atoms with Crippen LogP contribution in [-0.4, -0.2) is 33.3 Å². The molecule has 4 rings (SSSR count). The van der Waals surface area contributed by atoms with E-state index in [1.165, 1.54) is 48.9 Å². The molecule has 0 atom stereocenters. The molecular formula is C20H21ClN4OS. The number of rotatable bonds is 6. The van der Waals surface area contributed by atoms with E-state index >= 15 is 0 Å². The van der Waals surface area contributed by atoms with Crippen molar-refractivity contribution in [1.82, 2.24) is 19.6 Å². The van der Waals surface area contributed by atoms with E-state index in [-0.39, 0.29) is 5.91 Å². The van der Waals surface area contributed by atoms with Crippen molar-refractivity contribution >= 4 is 39.9 Å². The number of nitrogens with one attached hydrogen (secondary N) is 1. The Kier molecular flexibility index (Phi) is 5.57. The van der Waals surface area contributed by atoms with Crippen molar-refractivity contribution < 1.29 is 4.79 Å². The van der Waals surface area contributed by atoms with Crippen LogP contribution in [0.25, 0.3) is 11.0 Å². The van der Waals surface area contributed by atoms with Crippen LogP contribution in [0.2, 0.25) is 5.15 Å². The lowest BCUT2D eigenvalue weighted by atomic mass is 10.1. The van der Waals surface area contributed by atoms with Crippen LogP contribution in [0.5, 0.6) is 0 Å². The zero-order chi connectivity index (χ0) is 18.6. The van der Waals surface area contributed by atoms with Crippen molar-refractivity contribution in [2.75, 3.05) is 13.1 Å². The van der Waals surface area contributed by atoms with Crippen molar-refractivity contribution in [2.45, 2.75) is 25.9 Å². The summed E-state index contributed by atoms with van der Waals surface area (Å²) in [6, 6.07) is 8.46. The molecule has 1 fully saturated rings. The van der Waals surface area contributed by atoms with Gasteiger partial charge in [-0.05, 0) is 43.1 Å². The normalized spacial score (nSPS) is 15.1. The predicted molar refractivity (Wildman–Crippen MR) is 110 cm³/mol. The third-order valence-corrected chi connectivity index (χ3v) is 5.78. The monoisotopic (exact) mass is 400 g/mol. The summed E-state index contributed by atoms with van der Waals surface area (Å²) in [5.41, 5.74) is 3.13. The van der Waals surface area contributed by atoms with E-state index in [2.05, 4.69) is 39.5 Å². The fourth-order valence-electron chi connectivity index (χ4n) is 3.29. The van der Waals surface area contributed by atoms with E-state index in [0.717, 1.165) is 17.1 Å². The summed E-state index contributed by atoms with van der Waals surface area (Å²) in [4.78, 5) is 19.7. The molecule has 0 saturated carbocycles. The molecule has 27 heavy (non-hydrogen) atoms. The van der Waals surface area contributed by atoms with Gasteiger partial charge in [0.05, 0.1) is 5.69 Å². The lowest BCUT2D eigenvalue weighted by Crippen LogP contribution is -2.20. The molecule has 7 heteroatoms. The van der Waals surface area contributed by atoms with Crippen LogP contribution in [0, 0.1) is 0 Å². The predicted octanol–water partition coefficient (Wildman–Crippen LogP) is 3.97. The van der Waals surface area contributed by atoms with Crippen LogP contribution in [0.15, 0.2) is 41.9 Å². The summed E-state index contributed by atoms with van der Waals surface area (Å²) in [6.45, 7) is 3.91. The minimum Gasteiger partial charge on any atom is -0.348 e. The molecule has 1 N–H and O–H groups in total. The van der Waals surface area contributed by atoms with Gasteiger partial charge in [0.15, 0.2) is 10.1 Å². The molecule has 0 unspecified atom stereocenters. The summed E-state index contributed by atoms with van der Waals surface area (Å²) in [6.07, 6.45) is 7.69. The quantitative estimate of drug-likeness (QED) is 0.637. The zero-order valence-corrected chi connectivity index (χ0v) is 16.5. The Morgan fingerprint density at radius 1 is 1.22 bits per heavy atom. The van der Waals surface area contributed by atoms with E-state index in [1.54, 1.807) is 6.08 Å². The Balaban J connectivity index is 1.31. The van der Waals surface area contributed by atoms with Crippen LogP contribution >= 0.6 is 22.9 Å². The summed E-state index contributed by atoms with van der Waals surface area (Å²) < 4.78 is 1.87. The molecule has 0 bridgehead atoms. The standard InChI is InChI=1S/C20H21ClN4OS/c21-19-17(25-11-12-27-20(25)23-19)7-8-18(26)22-13-15-3-5-16(6-4-15)14-24-9-1-2-10-24/h3-8,11-12H,1-2,9-10,13-14H2,(H,22,26)/b8-7+. The second kappa shape index (κ2) is 8.25. The van der Waals surface area contributed by atoms with Gasteiger partial charge >= 0.3 is 0 Å². The zero-order valence-electron chi connectivity index (χ0n) is 14.9. The topological polar surface area (TPSA) is 49.6 Å². The van der Waals surface area contributed by atoms with Crippen molar-refractivity contribution in [2.24, 2.45) is 0 Å². The molecule has 1 aliphatic rings. The third kappa shape index (κ3) is 4.40. The second-order valence-electron chi connectivity index (χ2n) is 6.69. The van der Waals surface area contributed by atoms with Crippen LogP contribution in [0.4, 0.5) is 0 Å². The smallest absolute Gasteiger partial charge is 0.244 e. The molecule has 0 aliphatic carbocycles. The molecule has 140 valence electrons. The molecular weight excluding hydrogens is 380 g/mol. The maximum Gasteiger partial charge on any atom is 0.244 e. The van der Waals surface area contributed by atoms with Gasteiger partial charge in [-0.2, -0.15) is 0 Å². The van der Waals surface area contributed by atoms with E-state index in [9.17, 15) is 4.79 Å². The van der Waals surface area contributed by atoms with Gasteiger partial charge in [-0.1, -0.05) is 35.9 Å². The molecule has 1 amide bonds. The first-order valence-electron chi connectivity index (χ1n) is 9.06. The average Bonchev–Trinajstić information content (AvgIpc) is 3.38. The van der Waals surface area contributed by atoms with Crippen molar-refractivity contribution in [3.63, 3.8) is 0 Å². The van der Waals surface area contributed by atoms with Gasteiger partial charge < -0.3 is 5.32 Å². The number of fused-ring (bicyclic) bond motifs is 1. The van der Waals surface area contributed by atoms with Gasteiger partial charge in [-0.15, -0.1) is 11.3 Å². The van der Waals surface area contributed by atoms with E-state index in [1.807, 2.05) is 16.0 Å². The lowest BCUT2D eigenvalue weighted by molar-refractivity contribution is -0.116. The number of hydrogen-bond donors (Lipinski definition) is 1. The summed E-state index contributed by atoms with van der Waals surface area (Å²) in [7, 11) is 0. The van der Waals surface area contributed by atoms with E-state index in [4.69, 9.17) is 11.6 Å². The second-order valence-corrected chi connectivity index (χ2v) is 7.93. The number of likely N-dealkylation sites (tertiary alicyclic amines) is 1. The maximum atomic E-state index is 12.1. The maximum absolute atomic E-state index is 12.1. The minimum absolute atomic E-state index is 0.155. The first-order valence-corrected chi connectivity index (χ1v) is 10.3. The highest BCUT2D eigenvalue weighted by molar-refractivity contribution is 7.15. The van der Waals surface area contributed by atoms with Gasteiger partial charge in [-0.3, -0.25) is 14.1 Å². The van der Waals surface area contributed by atoms with Gasteiger partial charge in [0.25, 0.3) is 0 Å². The number of nitrogens with zero attached hydrogens (tertiary/aromatic N) is 3. The number of imidazole rings is 1. The number of benzene rings is 1. The number of amides is 1. The van der Waals surface area contributed by atoms with Crippen LogP contribution in [0.1, 0.15) is 29.7 Å². The molecule has 5 nitrogen and oxygen atoms in total. The average molecular weight is 401 g/mol. The number of carbonyl (C=O) groups excluding carboxylic acids is 1. The highest BCUT2D eigenvalue weighted by Crippen LogP contribution is 2.22. The minimum atomic E-state index is -0.155. The number of thiazole rings is 1. The third-order valence-electron chi connectivity index (χ3n) is 4.74. The Bertz CT molecular complexity index is 954. The number of aromatic nitrogens is 2. The summed E-state index contributed by atoms with van der Waals surface area (Å²) in [5, 5.41) is 5.25. The molecule has 1 saturated heterocycles. The molecule has 0 spiro atoms. The van der Waals surface area contributed by atoms with Crippen LogP contribution in [-0.2, 0) is 17.9 Å². The van der Waals surface area contributed by atoms with E-state index < -0.39 is 0 Å². The number of carbonyl (C=O) groups is 1. The molecule has 1 aromatic carbocycles. The van der Waals surface area contributed by atoms with Crippen molar-refractivity contribution in [3.05, 3.63) is 63.9 Å². The molecule has 1 aliphatic heterocycles. The first-order chi connectivity index (χ1) is 13.2. The molecule has 3 heterocycles. The summed E-state index contributed by atoms with van der Waals surface area (Å²) >= 11 is 7.63. The number of hydrogen-bond acceptors (Lipinski definition) is 4. The van der Waals surface area contributed by atoms with Gasteiger partial charge in [0, 0.05) is 30.7 Å². The molecule has 2 aromatic heterocycles. The fraction of sp³-hybridized carbons (Fsp3) is 0.300. The Morgan fingerprint density at radius 3 is 2.74 bits per heavy atom. The van der Waals surface area contributed by atoms with E-state index in [0.29, 0.717) is 17.4 Å².